The molecule has 0 aliphatic rings. The van der Waals surface area contributed by atoms with E-state index in [1.807, 2.05) is 0 Å². The Morgan fingerprint density at radius 2 is 2.35 bits per heavy atom. The van der Waals surface area contributed by atoms with Crippen molar-refractivity contribution in [2.75, 3.05) is 12.9 Å². The minimum Gasteiger partial charge on any atom is -0.469 e. The van der Waals surface area contributed by atoms with Crippen LogP contribution in [0.5, 0.6) is 0 Å². The fraction of sp³-hybridized carbons (Fsp3) is 0.400. The highest BCUT2D eigenvalue weighted by Crippen LogP contribution is 2.21. The van der Waals surface area contributed by atoms with Gasteiger partial charge in [-0.15, -0.1) is 11.8 Å². The number of ether oxygens (including phenoxy) is 1. The molecular weight excluding hydrogens is 244 g/mol. The van der Waals surface area contributed by atoms with Gasteiger partial charge in [0.1, 0.15) is 0 Å². The van der Waals surface area contributed by atoms with Gasteiger partial charge in [-0.1, -0.05) is 6.92 Å². The van der Waals surface area contributed by atoms with Gasteiger partial charge in [0.15, 0.2) is 6.20 Å². The molecule has 0 aromatic carbocycles. The third kappa shape index (κ3) is 4.03. The molecule has 0 bridgehead atoms. The summed E-state index contributed by atoms with van der Waals surface area (Å²) in [5.41, 5.74) is 0. The Labute approximate surface area is 103 Å². The minimum absolute atomic E-state index is 0.185. The number of carbonyl (C=O) groups excluding carboxylic acids is 1. The SMILES string of the molecule is COC(=O)C(C)CSc1ccc([N+](=O)[O-])nc1. The van der Waals surface area contributed by atoms with Crippen molar-refractivity contribution < 1.29 is 14.5 Å². The zero-order valence-corrected chi connectivity index (χ0v) is 10.3. The van der Waals surface area contributed by atoms with Gasteiger partial charge in [0, 0.05) is 11.8 Å². The lowest BCUT2D eigenvalue weighted by Crippen LogP contribution is -2.14. The highest BCUT2D eigenvalue weighted by molar-refractivity contribution is 7.99. The molecule has 1 rings (SSSR count). The number of thioether (sulfide) groups is 1. The van der Waals surface area contributed by atoms with Gasteiger partial charge >= 0.3 is 11.8 Å². The van der Waals surface area contributed by atoms with Crippen molar-refractivity contribution in [3.8, 4) is 0 Å². The largest absolute Gasteiger partial charge is 0.469 e. The Bertz CT molecular complexity index is 407. The topological polar surface area (TPSA) is 82.3 Å². The van der Waals surface area contributed by atoms with E-state index in [2.05, 4.69) is 9.72 Å². The number of aromatic nitrogens is 1. The fourth-order valence-electron chi connectivity index (χ4n) is 1.06. The lowest BCUT2D eigenvalue weighted by molar-refractivity contribution is -0.389. The molecule has 0 aliphatic heterocycles. The van der Waals surface area contributed by atoms with Gasteiger partial charge in [0.05, 0.1) is 17.9 Å². The standard InChI is InChI=1S/C10H12N2O4S/c1-7(10(13)16-2)6-17-8-3-4-9(11-5-8)12(14)15/h3-5,7H,6H2,1-2H3. The van der Waals surface area contributed by atoms with Crippen LogP contribution in [0.3, 0.4) is 0 Å². The third-order valence-electron chi connectivity index (χ3n) is 2.01. The number of hydrogen-bond acceptors (Lipinski definition) is 6. The minimum atomic E-state index is -0.550. The maximum atomic E-state index is 11.1. The number of rotatable bonds is 5. The summed E-state index contributed by atoms with van der Waals surface area (Å²) in [4.78, 5) is 25.4. The van der Waals surface area contributed by atoms with E-state index < -0.39 is 4.92 Å². The molecule has 0 saturated carbocycles. The maximum absolute atomic E-state index is 11.1. The van der Waals surface area contributed by atoms with Crippen molar-refractivity contribution in [2.45, 2.75) is 11.8 Å². The molecule has 92 valence electrons. The van der Waals surface area contributed by atoms with E-state index in [4.69, 9.17) is 0 Å². The summed E-state index contributed by atoms with van der Waals surface area (Å²) >= 11 is 1.41. The van der Waals surface area contributed by atoms with Gasteiger partial charge in [-0.2, -0.15) is 0 Å². The monoisotopic (exact) mass is 256 g/mol. The van der Waals surface area contributed by atoms with E-state index in [0.717, 1.165) is 4.90 Å². The Kier molecular flexibility index (Phi) is 4.89. The van der Waals surface area contributed by atoms with Crippen molar-refractivity contribution in [3.05, 3.63) is 28.4 Å². The molecule has 1 unspecified atom stereocenters. The van der Waals surface area contributed by atoms with E-state index in [0.29, 0.717) is 5.75 Å². The molecule has 1 atom stereocenters. The van der Waals surface area contributed by atoms with E-state index in [-0.39, 0.29) is 17.7 Å². The zero-order chi connectivity index (χ0) is 12.8. The second-order valence-electron chi connectivity index (χ2n) is 3.34. The summed E-state index contributed by atoms with van der Waals surface area (Å²) in [6.07, 6.45) is 1.42. The molecule has 7 heteroatoms. The molecule has 1 aromatic heterocycles. The zero-order valence-electron chi connectivity index (χ0n) is 9.45. The average Bonchev–Trinajstić information content (AvgIpc) is 2.35. The number of nitrogens with zero attached hydrogens (tertiary/aromatic N) is 2. The van der Waals surface area contributed by atoms with Crippen molar-refractivity contribution in [3.63, 3.8) is 0 Å². The highest BCUT2D eigenvalue weighted by atomic mass is 32.2. The summed E-state index contributed by atoms with van der Waals surface area (Å²) < 4.78 is 4.59. The summed E-state index contributed by atoms with van der Waals surface area (Å²) in [5.74, 6) is -0.130. The molecule has 6 nitrogen and oxygen atoms in total. The normalized spacial score (nSPS) is 11.9. The molecule has 0 fully saturated rings. The van der Waals surface area contributed by atoms with Crippen LogP contribution >= 0.6 is 11.8 Å². The number of hydrogen-bond donors (Lipinski definition) is 0. The lowest BCUT2D eigenvalue weighted by Gasteiger charge is -2.07. The first-order chi connectivity index (χ1) is 8.04. The molecule has 0 amide bonds. The van der Waals surface area contributed by atoms with Crippen LogP contribution in [-0.2, 0) is 9.53 Å². The molecule has 0 radical (unpaired) electrons. The van der Waals surface area contributed by atoms with Gasteiger partial charge in [-0.3, -0.25) is 4.79 Å². The van der Waals surface area contributed by atoms with Crippen molar-refractivity contribution >= 4 is 23.5 Å². The van der Waals surface area contributed by atoms with E-state index in [1.54, 1.807) is 13.0 Å². The van der Waals surface area contributed by atoms with Crippen LogP contribution in [-0.4, -0.2) is 28.7 Å². The molecule has 1 heterocycles. The third-order valence-corrected chi connectivity index (χ3v) is 3.25. The number of methoxy groups -OCH3 is 1. The maximum Gasteiger partial charge on any atom is 0.363 e. The fourth-order valence-corrected chi connectivity index (χ4v) is 1.93. The van der Waals surface area contributed by atoms with Crippen LogP contribution in [0.2, 0.25) is 0 Å². The number of nitro groups is 1. The van der Waals surface area contributed by atoms with Gasteiger partial charge < -0.3 is 14.9 Å². The Morgan fingerprint density at radius 3 is 2.82 bits per heavy atom. The summed E-state index contributed by atoms with van der Waals surface area (Å²) in [6.45, 7) is 1.76. The first-order valence-corrected chi connectivity index (χ1v) is 5.84. The van der Waals surface area contributed by atoms with E-state index in [9.17, 15) is 14.9 Å². The van der Waals surface area contributed by atoms with Gasteiger partial charge in [-0.05, 0) is 16.0 Å². The molecule has 0 aliphatic carbocycles. The molecule has 0 N–H and O–H groups in total. The van der Waals surface area contributed by atoms with Crippen molar-refractivity contribution in [2.24, 2.45) is 5.92 Å². The Hall–Kier alpha value is -1.63. The first-order valence-electron chi connectivity index (χ1n) is 4.85. The number of carbonyl (C=O) groups is 1. The Morgan fingerprint density at radius 1 is 1.65 bits per heavy atom. The summed E-state index contributed by atoms with van der Waals surface area (Å²) in [6, 6.07) is 2.95. The molecule has 0 saturated heterocycles. The second kappa shape index (κ2) is 6.19. The van der Waals surface area contributed by atoms with Crippen LogP contribution in [0.1, 0.15) is 6.92 Å². The molecule has 17 heavy (non-hydrogen) atoms. The van der Waals surface area contributed by atoms with Crippen molar-refractivity contribution in [1.29, 1.82) is 0 Å². The van der Waals surface area contributed by atoms with Gasteiger partial charge in [0.2, 0.25) is 0 Å². The first kappa shape index (κ1) is 13.4. The van der Waals surface area contributed by atoms with E-state index in [1.165, 1.54) is 31.1 Å². The molecule has 1 aromatic rings. The number of esters is 1. The summed E-state index contributed by atoms with van der Waals surface area (Å²) in [5, 5.41) is 10.4. The van der Waals surface area contributed by atoms with E-state index >= 15 is 0 Å². The molecular formula is C10H12N2O4S. The second-order valence-corrected chi connectivity index (χ2v) is 4.44. The van der Waals surface area contributed by atoms with Crippen LogP contribution in [0.25, 0.3) is 0 Å². The number of pyridine rings is 1. The molecule has 0 spiro atoms. The van der Waals surface area contributed by atoms with Crippen LogP contribution in [0.4, 0.5) is 5.82 Å². The average molecular weight is 256 g/mol. The van der Waals surface area contributed by atoms with Crippen LogP contribution < -0.4 is 0 Å². The van der Waals surface area contributed by atoms with Gasteiger partial charge in [-0.25, -0.2) is 0 Å². The van der Waals surface area contributed by atoms with Crippen LogP contribution in [0, 0.1) is 16.0 Å². The van der Waals surface area contributed by atoms with Crippen molar-refractivity contribution in [1.82, 2.24) is 4.98 Å². The predicted octanol–water partition coefficient (Wildman–Crippen LogP) is 1.89. The van der Waals surface area contributed by atoms with Gasteiger partial charge in [0.25, 0.3) is 0 Å². The summed E-state index contributed by atoms with van der Waals surface area (Å²) in [7, 11) is 1.34. The lowest BCUT2D eigenvalue weighted by atomic mass is 10.2. The predicted molar refractivity (Wildman–Crippen MR) is 62.8 cm³/mol. The Balaban J connectivity index is 2.53. The van der Waals surface area contributed by atoms with Crippen LogP contribution in [0.15, 0.2) is 23.2 Å². The highest BCUT2D eigenvalue weighted by Gasteiger charge is 2.14. The quantitative estimate of drug-likeness (QED) is 0.346. The smallest absolute Gasteiger partial charge is 0.363 e.